The van der Waals surface area contributed by atoms with Gasteiger partial charge in [0.15, 0.2) is 5.96 Å². The van der Waals surface area contributed by atoms with E-state index in [0.717, 1.165) is 0 Å². The molecule has 0 fully saturated rings. The summed E-state index contributed by atoms with van der Waals surface area (Å²) in [6, 6.07) is 5.10. The molecule has 0 saturated heterocycles. The van der Waals surface area contributed by atoms with Crippen LogP contribution in [0.1, 0.15) is 12.5 Å². The standard InChI is InChI=1S/C12H13Cl2N3O/c1-2-16-12(15)17-11(18)7-6-8-9(13)4-3-5-10(8)14/h3-7H,2H2,1H3,(H3,15,16,17,18). The largest absolute Gasteiger partial charge is 0.357 e. The normalized spacial score (nSPS) is 10.4. The Morgan fingerprint density at radius 1 is 1.39 bits per heavy atom. The van der Waals surface area contributed by atoms with Gasteiger partial charge >= 0.3 is 0 Å². The predicted molar refractivity (Wildman–Crippen MR) is 75.0 cm³/mol. The number of hydrogen-bond donors (Lipinski definition) is 3. The van der Waals surface area contributed by atoms with Crippen LogP contribution in [-0.2, 0) is 4.79 Å². The predicted octanol–water partition coefficient (Wildman–Crippen LogP) is 2.67. The van der Waals surface area contributed by atoms with E-state index in [1.54, 1.807) is 18.2 Å². The van der Waals surface area contributed by atoms with Crippen LogP contribution in [0.5, 0.6) is 0 Å². The van der Waals surface area contributed by atoms with Gasteiger partial charge in [-0.1, -0.05) is 29.3 Å². The van der Waals surface area contributed by atoms with E-state index >= 15 is 0 Å². The van der Waals surface area contributed by atoms with E-state index < -0.39 is 5.91 Å². The molecule has 1 aromatic carbocycles. The Morgan fingerprint density at radius 3 is 2.56 bits per heavy atom. The molecule has 1 aromatic rings. The maximum Gasteiger partial charge on any atom is 0.250 e. The Bertz CT molecular complexity index is 466. The van der Waals surface area contributed by atoms with E-state index in [2.05, 4.69) is 10.6 Å². The summed E-state index contributed by atoms with van der Waals surface area (Å²) in [5.74, 6) is -0.464. The summed E-state index contributed by atoms with van der Waals surface area (Å²) in [7, 11) is 0. The Morgan fingerprint density at radius 2 is 2.00 bits per heavy atom. The van der Waals surface area contributed by atoms with Crippen LogP contribution in [0.15, 0.2) is 24.3 Å². The fourth-order valence-electron chi connectivity index (χ4n) is 1.21. The van der Waals surface area contributed by atoms with Crippen LogP contribution in [0.25, 0.3) is 6.08 Å². The molecule has 4 nitrogen and oxygen atoms in total. The summed E-state index contributed by atoms with van der Waals surface area (Å²) in [5.41, 5.74) is 0.575. The van der Waals surface area contributed by atoms with Crippen LogP contribution < -0.4 is 10.6 Å². The van der Waals surface area contributed by atoms with Gasteiger partial charge < -0.3 is 5.32 Å². The second-order valence-electron chi connectivity index (χ2n) is 3.36. The maximum absolute atomic E-state index is 11.5. The Hall–Kier alpha value is -1.52. The van der Waals surface area contributed by atoms with Crippen molar-refractivity contribution in [2.75, 3.05) is 6.54 Å². The van der Waals surface area contributed by atoms with Crippen molar-refractivity contribution >= 4 is 41.1 Å². The Kier molecular flexibility index (Phi) is 5.68. The number of carbonyl (C=O) groups is 1. The molecule has 3 N–H and O–H groups in total. The molecule has 0 spiro atoms. The van der Waals surface area contributed by atoms with Gasteiger partial charge in [0.05, 0.1) is 0 Å². The molecule has 0 aliphatic heterocycles. The maximum atomic E-state index is 11.5. The zero-order valence-electron chi connectivity index (χ0n) is 9.76. The van der Waals surface area contributed by atoms with Crippen molar-refractivity contribution < 1.29 is 4.79 Å². The lowest BCUT2D eigenvalue weighted by Crippen LogP contribution is -2.39. The van der Waals surface area contributed by atoms with E-state index in [-0.39, 0.29) is 5.96 Å². The van der Waals surface area contributed by atoms with Gasteiger partial charge in [0.25, 0.3) is 5.91 Å². The third-order valence-electron chi connectivity index (χ3n) is 2.00. The minimum atomic E-state index is -0.420. The second kappa shape index (κ2) is 7.03. The van der Waals surface area contributed by atoms with Crippen molar-refractivity contribution in [3.05, 3.63) is 39.9 Å². The highest BCUT2D eigenvalue weighted by Gasteiger charge is 2.03. The molecule has 1 rings (SSSR count). The zero-order valence-corrected chi connectivity index (χ0v) is 11.3. The van der Waals surface area contributed by atoms with Gasteiger partial charge in [-0.3, -0.25) is 15.5 Å². The first-order valence-corrected chi connectivity index (χ1v) is 6.05. The van der Waals surface area contributed by atoms with Gasteiger partial charge in [-0.15, -0.1) is 0 Å². The fourth-order valence-corrected chi connectivity index (χ4v) is 1.74. The fraction of sp³-hybridized carbons (Fsp3) is 0.167. The van der Waals surface area contributed by atoms with Gasteiger partial charge in [0, 0.05) is 28.2 Å². The van der Waals surface area contributed by atoms with E-state index in [9.17, 15) is 4.79 Å². The highest BCUT2D eigenvalue weighted by molar-refractivity contribution is 6.37. The van der Waals surface area contributed by atoms with E-state index in [4.69, 9.17) is 28.6 Å². The van der Waals surface area contributed by atoms with Crippen molar-refractivity contribution in [2.45, 2.75) is 6.92 Å². The summed E-state index contributed by atoms with van der Waals surface area (Å²) in [5, 5.41) is 13.3. The number of nitrogens with one attached hydrogen (secondary N) is 3. The summed E-state index contributed by atoms with van der Waals surface area (Å²) >= 11 is 11.9. The summed E-state index contributed by atoms with van der Waals surface area (Å²) < 4.78 is 0. The molecule has 0 bridgehead atoms. The van der Waals surface area contributed by atoms with Gasteiger partial charge in [-0.05, 0) is 25.1 Å². The molecule has 0 saturated carbocycles. The first-order valence-electron chi connectivity index (χ1n) is 5.30. The van der Waals surface area contributed by atoms with Crippen molar-refractivity contribution in [1.82, 2.24) is 10.6 Å². The van der Waals surface area contributed by atoms with Crippen LogP contribution in [0.2, 0.25) is 10.0 Å². The van der Waals surface area contributed by atoms with Crippen molar-refractivity contribution in [2.24, 2.45) is 0 Å². The highest BCUT2D eigenvalue weighted by atomic mass is 35.5. The molecule has 0 unspecified atom stereocenters. The summed E-state index contributed by atoms with van der Waals surface area (Å²) in [4.78, 5) is 11.5. The topological polar surface area (TPSA) is 65.0 Å². The number of hydrogen-bond acceptors (Lipinski definition) is 2. The quantitative estimate of drug-likeness (QED) is 0.454. The smallest absolute Gasteiger partial charge is 0.250 e. The van der Waals surface area contributed by atoms with Crippen molar-refractivity contribution in [1.29, 1.82) is 5.41 Å². The molecular formula is C12H13Cl2N3O. The minimum Gasteiger partial charge on any atom is -0.357 e. The third kappa shape index (κ3) is 4.39. The van der Waals surface area contributed by atoms with Crippen LogP contribution in [0.4, 0.5) is 0 Å². The first kappa shape index (κ1) is 14.5. The van der Waals surface area contributed by atoms with Crippen LogP contribution in [-0.4, -0.2) is 18.4 Å². The number of guanidine groups is 1. The van der Waals surface area contributed by atoms with Crippen LogP contribution >= 0.6 is 23.2 Å². The van der Waals surface area contributed by atoms with Gasteiger partial charge in [0.1, 0.15) is 0 Å². The van der Waals surface area contributed by atoms with Crippen molar-refractivity contribution in [3.63, 3.8) is 0 Å². The molecule has 0 heterocycles. The van der Waals surface area contributed by atoms with Gasteiger partial charge in [0.2, 0.25) is 0 Å². The average Bonchev–Trinajstić information content (AvgIpc) is 2.28. The average molecular weight is 286 g/mol. The van der Waals surface area contributed by atoms with Crippen LogP contribution in [0, 0.1) is 5.41 Å². The van der Waals surface area contributed by atoms with E-state index in [0.29, 0.717) is 22.2 Å². The number of benzene rings is 1. The molecule has 1 amide bonds. The number of rotatable bonds is 3. The molecular weight excluding hydrogens is 273 g/mol. The van der Waals surface area contributed by atoms with Gasteiger partial charge in [-0.2, -0.15) is 0 Å². The Labute approximate surface area is 115 Å². The Balaban J connectivity index is 2.69. The third-order valence-corrected chi connectivity index (χ3v) is 2.66. The first-order chi connectivity index (χ1) is 8.54. The molecule has 6 heteroatoms. The number of carbonyl (C=O) groups excluding carboxylic acids is 1. The number of amides is 1. The SMILES string of the molecule is CCNC(=N)NC(=O)C=Cc1c(Cl)cccc1Cl. The molecule has 0 atom stereocenters. The molecule has 96 valence electrons. The lowest BCUT2D eigenvalue weighted by atomic mass is 10.2. The molecule has 0 aromatic heterocycles. The minimum absolute atomic E-state index is 0.0441. The molecule has 18 heavy (non-hydrogen) atoms. The summed E-state index contributed by atoms with van der Waals surface area (Å²) in [6.45, 7) is 2.40. The van der Waals surface area contributed by atoms with Crippen LogP contribution in [0.3, 0.4) is 0 Å². The summed E-state index contributed by atoms with van der Waals surface area (Å²) in [6.07, 6.45) is 2.79. The zero-order chi connectivity index (χ0) is 13.5. The van der Waals surface area contributed by atoms with Gasteiger partial charge in [-0.25, -0.2) is 0 Å². The lowest BCUT2D eigenvalue weighted by Gasteiger charge is -2.05. The van der Waals surface area contributed by atoms with E-state index in [1.807, 2.05) is 6.92 Å². The number of halogens is 2. The highest BCUT2D eigenvalue weighted by Crippen LogP contribution is 2.25. The van der Waals surface area contributed by atoms with E-state index in [1.165, 1.54) is 12.2 Å². The second-order valence-corrected chi connectivity index (χ2v) is 4.18. The lowest BCUT2D eigenvalue weighted by molar-refractivity contribution is -0.115. The monoisotopic (exact) mass is 285 g/mol. The molecule has 0 radical (unpaired) electrons. The van der Waals surface area contributed by atoms with Crippen molar-refractivity contribution in [3.8, 4) is 0 Å². The molecule has 0 aliphatic rings. The molecule has 0 aliphatic carbocycles.